The monoisotopic (exact) mass is 455 g/mol. The van der Waals surface area contributed by atoms with Gasteiger partial charge in [0.2, 0.25) is 0 Å². The summed E-state index contributed by atoms with van der Waals surface area (Å²) >= 11 is 0. The molecule has 0 fully saturated rings. The fourth-order valence-corrected chi connectivity index (χ4v) is 4.84. The first kappa shape index (κ1) is 21.7. The molecule has 2 aromatic heterocycles. The van der Waals surface area contributed by atoms with Gasteiger partial charge in [-0.05, 0) is 55.3 Å². The number of benzene rings is 1. The summed E-state index contributed by atoms with van der Waals surface area (Å²) in [5, 5.41) is 6.25. The molecule has 0 unspecified atom stereocenters. The number of aromatic nitrogens is 1. The summed E-state index contributed by atoms with van der Waals surface area (Å²) < 4.78 is 11.0. The van der Waals surface area contributed by atoms with Gasteiger partial charge in [-0.3, -0.25) is 9.59 Å². The van der Waals surface area contributed by atoms with Gasteiger partial charge >= 0.3 is 0 Å². The number of nitrogens with zero attached hydrogens (tertiary/aromatic N) is 1. The molecular formula is C27H25N3O4. The largest absolute Gasteiger partial charge is 0.497 e. The van der Waals surface area contributed by atoms with Gasteiger partial charge in [-0.15, -0.1) is 0 Å². The Balaban J connectivity index is 1.58. The maximum absolute atomic E-state index is 13.6. The van der Waals surface area contributed by atoms with E-state index in [0.29, 0.717) is 41.3 Å². The van der Waals surface area contributed by atoms with E-state index in [1.807, 2.05) is 49.4 Å². The lowest BCUT2D eigenvalue weighted by atomic mass is 9.72. The van der Waals surface area contributed by atoms with Crippen molar-refractivity contribution in [2.75, 3.05) is 12.4 Å². The van der Waals surface area contributed by atoms with Crippen LogP contribution in [0.2, 0.25) is 0 Å². The number of methoxy groups -OCH3 is 1. The summed E-state index contributed by atoms with van der Waals surface area (Å²) in [4.78, 5) is 31.3. The summed E-state index contributed by atoms with van der Waals surface area (Å²) in [6, 6.07) is 16.6. The molecule has 1 amide bonds. The SMILES string of the molecule is COc1cccc([C@@H]2C(C(=O)Nc3ccccn3)=C(C)NC3=C2C(=O)C[C@H](c2ccco2)C3)c1. The van der Waals surface area contributed by atoms with Crippen LogP contribution < -0.4 is 15.4 Å². The number of furan rings is 1. The molecule has 2 atom stereocenters. The van der Waals surface area contributed by atoms with E-state index in [2.05, 4.69) is 15.6 Å². The number of carbonyl (C=O) groups excluding carboxylic acids is 2. The Labute approximate surface area is 197 Å². The van der Waals surface area contributed by atoms with Gasteiger partial charge in [0.05, 0.1) is 13.4 Å². The number of allylic oxidation sites excluding steroid dienone is 3. The van der Waals surface area contributed by atoms with Crippen molar-refractivity contribution in [3.63, 3.8) is 0 Å². The van der Waals surface area contributed by atoms with Gasteiger partial charge in [-0.1, -0.05) is 18.2 Å². The van der Waals surface area contributed by atoms with Crippen molar-refractivity contribution in [1.29, 1.82) is 0 Å². The second-order valence-electron chi connectivity index (χ2n) is 8.48. The first-order valence-corrected chi connectivity index (χ1v) is 11.2. The number of amides is 1. The van der Waals surface area contributed by atoms with Gasteiger partial charge < -0.3 is 19.8 Å². The van der Waals surface area contributed by atoms with E-state index < -0.39 is 5.92 Å². The smallest absolute Gasteiger partial charge is 0.255 e. The molecule has 0 bridgehead atoms. The number of anilines is 1. The number of nitrogens with one attached hydrogen (secondary N) is 2. The van der Waals surface area contributed by atoms with Gasteiger partial charge in [0.25, 0.3) is 5.91 Å². The van der Waals surface area contributed by atoms with Crippen molar-refractivity contribution < 1.29 is 18.7 Å². The molecule has 0 saturated heterocycles. The average molecular weight is 456 g/mol. The Bertz CT molecular complexity index is 1290. The fourth-order valence-electron chi connectivity index (χ4n) is 4.84. The number of hydrogen-bond acceptors (Lipinski definition) is 6. The predicted molar refractivity (Wildman–Crippen MR) is 127 cm³/mol. The normalized spacial score (nSPS) is 20.0. The molecule has 0 spiro atoms. The molecule has 1 aliphatic heterocycles. The number of Topliss-reactive ketones (excluding diaryl/α,β-unsaturated/α-hetero) is 1. The molecule has 1 aromatic carbocycles. The Hall–Kier alpha value is -4.13. The summed E-state index contributed by atoms with van der Waals surface area (Å²) in [6.07, 6.45) is 4.20. The number of rotatable bonds is 5. The van der Waals surface area contributed by atoms with E-state index in [4.69, 9.17) is 9.15 Å². The quantitative estimate of drug-likeness (QED) is 0.580. The molecular weight excluding hydrogens is 430 g/mol. The van der Waals surface area contributed by atoms with Crippen LogP contribution >= 0.6 is 0 Å². The second kappa shape index (κ2) is 9.02. The molecule has 172 valence electrons. The van der Waals surface area contributed by atoms with E-state index in [9.17, 15) is 9.59 Å². The lowest BCUT2D eigenvalue weighted by Crippen LogP contribution is -2.37. The average Bonchev–Trinajstić information content (AvgIpc) is 3.39. The molecule has 7 nitrogen and oxygen atoms in total. The van der Waals surface area contributed by atoms with Crippen molar-refractivity contribution in [2.24, 2.45) is 0 Å². The van der Waals surface area contributed by atoms with Gasteiger partial charge in [0.1, 0.15) is 17.3 Å². The van der Waals surface area contributed by atoms with Gasteiger partial charge in [-0.2, -0.15) is 0 Å². The van der Waals surface area contributed by atoms with Crippen LogP contribution in [0, 0.1) is 0 Å². The van der Waals surface area contributed by atoms with Gasteiger partial charge in [0, 0.05) is 47.0 Å². The van der Waals surface area contributed by atoms with E-state index in [1.165, 1.54) is 0 Å². The Morgan fingerprint density at radius 2 is 2.03 bits per heavy atom. The van der Waals surface area contributed by atoms with Crippen molar-refractivity contribution in [3.05, 3.63) is 101 Å². The van der Waals surface area contributed by atoms with Crippen LogP contribution in [0.1, 0.15) is 42.9 Å². The minimum atomic E-state index is -0.528. The molecule has 0 radical (unpaired) electrons. The highest BCUT2D eigenvalue weighted by atomic mass is 16.5. The minimum Gasteiger partial charge on any atom is -0.497 e. The third kappa shape index (κ3) is 4.01. The lowest BCUT2D eigenvalue weighted by Gasteiger charge is -2.36. The first-order valence-electron chi connectivity index (χ1n) is 11.2. The number of carbonyl (C=O) groups is 2. The Morgan fingerprint density at radius 3 is 2.76 bits per heavy atom. The lowest BCUT2D eigenvalue weighted by molar-refractivity contribution is -0.116. The molecule has 3 heterocycles. The predicted octanol–water partition coefficient (Wildman–Crippen LogP) is 4.68. The van der Waals surface area contributed by atoms with Crippen molar-refractivity contribution >= 4 is 17.5 Å². The standard InChI is InChI=1S/C27H25N3O4/c1-16-24(27(32)30-23-10-3-4-11-28-23)25(17-7-5-8-19(13-17)33-2)26-20(29-16)14-18(15-21(26)31)22-9-6-12-34-22/h3-13,18,25,29H,14-15H2,1-2H3,(H,28,30,32)/t18-,25-/m1/s1. The second-order valence-corrected chi connectivity index (χ2v) is 8.48. The molecule has 2 N–H and O–H groups in total. The van der Waals surface area contributed by atoms with Crippen LogP contribution in [0.15, 0.2) is 94.0 Å². The molecule has 3 aromatic rings. The molecule has 34 heavy (non-hydrogen) atoms. The van der Waals surface area contributed by atoms with Gasteiger partial charge in [0.15, 0.2) is 5.78 Å². The summed E-state index contributed by atoms with van der Waals surface area (Å²) in [7, 11) is 1.60. The molecule has 2 aliphatic rings. The number of ketones is 1. The maximum Gasteiger partial charge on any atom is 0.255 e. The molecule has 5 rings (SSSR count). The van der Waals surface area contributed by atoms with Crippen LogP contribution in [0.3, 0.4) is 0 Å². The Kier molecular flexibility index (Phi) is 5.76. The van der Waals surface area contributed by atoms with E-state index in [0.717, 1.165) is 17.0 Å². The maximum atomic E-state index is 13.6. The van der Waals surface area contributed by atoms with Crippen LogP contribution in [0.25, 0.3) is 0 Å². The minimum absolute atomic E-state index is 0.00129. The zero-order chi connectivity index (χ0) is 23.7. The van der Waals surface area contributed by atoms with E-state index in [1.54, 1.807) is 31.7 Å². The molecule has 7 heteroatoms. The van der Waals surface area contributed by atoms with Gasteiger partial charge in [-0.25, -0.2) is 4.98 Å². The van der Waals surface area contributed by atoms with Crippen LogP contribution in [0.4, 0.5) is 5.82 Å². The van der Waals surface area contributed by atoms with E-state index in [-0.39, 0.29) is 17.6 Å². The summed E-state index contributed by atoms with van der Waals surface area (Å²) in [5.74, 6) is 1.03. The highest BCUT2D eigenvalue weighted by molar-refractivity contribution is 6.09. The summed E-state index contributed by atoms with van der Waals surface area (Å²) in [6.45, 7) is 1.87. The summed E-state index contributed by atoms with van der Waals surface area (Å²) in [5.41, 5.74) is 3.46. The molecule has 1 aliphatic carbocycles. The van der Waals surface area contributed by atoms with E-state index >= 15 is 0 Å². The highest BCUT2D eigenvalue weighted by Crippen LogP contribution is 2.46. The van der Waals surface area contributed by atoms with Crippen LogP contribution in [0.5, 0.6) is 5.75 Å². The number of pyridine rings is 1. The zero-order valence-corrected chi connectivity index (χ0v) is 19.0. The Morgan fingerprint density at radius 1 is 1.15 bits per heavy atom. The topological polar surface area (TPSA) is 93.5 Å². The molecule has 0 saturated carbocycles. The first-order chi connectivity index (χ1) is 16.5. The third-order valence-electron chi connectivity index (χ3n) is 6.35. The highest BCUT2D eigenvalue weighted by Gasteiger charge is 2.41. The number of dihydropyridines is 1. The number of hydrogen-bond donors (Lipinski definition) is 2. The number of ether oxygens (including phenoxy) is 1. The zero-order valence-electron chi connectivity index (χ0n) is 19.0. The van der Waals surface area contributed by atoms with Crippen molar-refractivity contribution in [2.45, 2.75) is 31.6 Å². The third-order valence-corrected chi connectivity index (χ3v) is 6.35. The van der Waals surface area contributed by atoms with Crippen molar-refractivity contribution in [3.8, 4) is 5.75 Å². The van der Waals surface area contributed by atoms with Crippen LogP contribution in [-0.2, 0) is 9.59 Å². The van der Waals surface area contributed by atoms with Crippen molar-refractivity contribution in [1.82, 2.24) is 10.3 Å². The fraction of sp³-hybridized carbons (Fsp3) is 0.222. The van der Waals surface area contributed by atoms with Crippen LogP contribution in [-0.4, -0.2) is 23.8 Å².